The van der Waals surface area contributed by atoms with Crippen LogP contribution in [0.4, 0.5) is 0 Å². The first-order valence-electron chi connectivity index (χ1n) is 0.610. The molecule has 0 heterocycles. The van der Waals surface area contributed by atoms with Crippen LogP contribution in [0, 0.1) is 15.3 Å². The average Bonchev–Trinajstić information content (AvgIpc) is 1.37. The number of thiocyanates is 1. The minimum absolute atomic E-state index is 0.162. The lowest BCUT2D eigenvalue weighted by atomic mass is 11.8. The van der Waals surface area contributed by atoms with E-state index < -0.39 is 0 Å². The first-order chi connectivity index (χ1) is 1.91. The van der Waals surface area contributed by atoms with Gasteiger partial charge in [-0.05, 0) is 0 Å². The third kappa shape index (κ3) is 1.42. The molecule has 0 saturated heterocycles. The van der Waals surface area contributed by atoms with Crippen molar-refractivity contribution in [1.82, 2.24) is 0 Å². The SMILES string of the molecule is N#CS#N. The van der Waals surface area contributed by atoms with Gasteiger partial charge in [0.1, 0.15) is 11.4 Å². The highest BCUT2D eigenvalue weighted by Gasteiger charge is 1.38. The molecule has 4 heavy (non-hydrogen) atoms. The highest BCUT2D eigenvalue weighted by molar-refractivity contribution is 7.90. The van der Waals surface area contributed by atoms with Crippen LogP contribution in [0.3, 0.4) is 0 Å². The van der Waals surface area contributed by atoms with E-state index in [9.17, 15) is 0 Å². The monoisotopic (exact) mass is 72.0 g/mol. The lowest BCUT2D eigenvalue weighted by Gasteiger charge is -1.16. The molecule has 0 bridgehead atoms. The van der Waals surface area contributed by atoms with Gasteiger partial charge in [0.05, 0.1) is 0 Å². The van der Waals surface area contributed by atoms with E-state index in [1.165, 1.54) is 5.40 Å². The van der Waals surface area contributed by atoms with Crippen LogP contribution in [0.15, 0.2) is 0 Å². The number of rotatable bonds is 0. The molecular weight excluding hydrogens is 72.1 g/mol. The number of hydrogen-bond donors (Lipinski definition) is 0. The second-order valence-electron chi connectivity index (χ2n) is 0.183. The molecule has 0 aromatic carbocycles. The zero-order valence-corrected chi connectivity index (χ0v) is 2.62. The van der Waals surface area contributed by atoms with E-state index in [0.29, 0.717) is 0 Å². The fourth-order valence-corrected chi connectivity index (χ4v) is 0. The van der Waals surface area contributed by atoms with Crippen LogP contribution in [-0.2, 0) is 0 Å². The zero-order chi connectivity index (χ0) is 3.41. The van der Waals surface area contributed by atoms with Crippen LogP contribution in [0.5, 0.6) is 0 Å². The predicted molar refractivity (Wildman–Crippen MR) is 14.9 cm³/mol. The van der Waals surface area contributed by atoms with Crippen LogP contribution in [-0.4, -0.2) is 0 Å². The molecule has 0 amide bonds. The van der Waals surface area contributed by atoms with Gasteiger partial charge in [0, 0.05) is 0 Å². The predicted octanol–water partition coefficient (Wildman–Crippen LogP) is 0.680. The van der Waals surface area contributed by atoms with Crippen molar-refractivity contribution in [2.24, 2.45) is 0 Å². The van der Waals surface area contributed by atoms with Crippen molar-refractivity contribution in [3.05, 3.63) is 0 Å². The largest absolute Gasteiger partial charge is 0.192 e. The van der Waals surface area contributed by atoms with Crippen LogP contribution >= 0.6 is 11.4 Å². The van der Waals surface area contributed by atoms with Crippen LogP contribution in [0.2, 0.25) is 0 Å². The summed E-state index contributed by atoms with van der Waals surface area (Å²) >= 11 is 0.162. The number of nitrogens with zero attached hydrogens (tertiary/aromatic N) is 2. The smallest absolute Gasteiger partial charge is 0.178 e. The molecule has 0 unspecified atom stereocenters. The van der Waals surface area contributed by atoms with Gasteiger partial charge in [-0.3, -0.25) is 0 Å². The first kappa shape index (κ1) is 3.42. The Morgan fingerprint density at radius 2 is 2.00 bits per heavy atom. The van der Waals surface area contributed by atoms with Crippen molar-refractivity contribution in [2.75, 3.05) is 0 Å². The van der Waals surface area contributed by atoms with Gasteiger partial charge in [0.25, 0.3) is 0 Å². The molecular formula is CN2S. The van der Waals surface area contributed by atoms with Crippen molar-refractivity contribution in [2.45, 2.75) is 0 Å². The van der Waals surface area contributed by atoms with Crippen LogP contribution in [0.1, 0.15) is 0 Å². The van der Waals surface area contributed by atoms with Crippen molar-refractivity contribution < 1.29 is 0 Å². The van der Waals surface area contributed by atoms with E-state index in [1.54, 1.807) is 0 Å². The normalized spacial score (nSPS) is 3.50. The van der Waals surface area contributed by atoms with E-state index in [4.69, 9.17) is 9.87 Å². The maximum Gasteiger partial charge on any atom is 0.192 e. The standard InChI is InChI=1S/CN2S/c2-1-4-3. The second-order valence-corrected chi connectivity index (χ2v) is 0.548. The van der Waals surface area contributed by atoms with Crippen molar-refractivity contribution in [3.63, 3.8) is 0 Å². The molecule has 0 N–H and O–H groups in total. The summed E-state index contributed by atoms with van der Waals surface area (Å²) in [6.45, 7) is 0. The van der Waals surface area contributed by atoms with Crippen molar-refractivity contribution in [1.29, 1.82) is 9.87 Å². The highest BCUT2D eigenvalue weighted by Crippen LogP contribution is 1.59. The highest BCUT2D eigenvalue weighted by atomic mass is 32.1. The molecule has 0 fully saturated rings. The second kappa shape index (κ2) is 2.42. The quantitative estimate of drug-likeness (QED) is 0.395. The summed E-state index contributed by atoms with van der Waals surface area (Å²) in [5, 5.41) is 8.74. The molecule has 0 rings (SSSR count). The zero-order valence-electron chi connectivity index (χ0n) is 1.80. The van der Waals surface area contributed by atoms with Crippen molar-refractivity contribution in [3.8, 4) is 5.40 Å². The van der Waals surface area contributed by atoms with Gasteiger partial charge < -0.3 is 0 Å². The maximum absolute atomic E-state index is 7.43. The number of hydrogen-bond acceptors (Lipinski definition) is 2. The van der Waals surface area contributed by atoms with Gasteiger partial charge in [-0.25, -0.2) is 0 Å². The lowest BCUT2D eigenvalue weighted by Crippen LogP contribution is -1.04. The molecule has 0 aliphatic heterocycles. The Bertz CT molecular complexity index is 61.0. The van der Waals surface area contributed by atoms with Gasteiger partial charge in [-0.15, -0.1) is 0 Å². The Labute approximate surface area is 27.6 Å². The van der Waals surface area contributed by atoms with Crippen LogP contribution < -0.4 is 0 Å². The third-order valence-electron chi connectivity index (χ3n) is 0.0408. The molecule has 0 atom stereocenters. The minimum atomic E-state index is 0.162. The molecule has 20 valence electrons. The number of nitriles is 1. The van der Waals surface area contributed by atoms with Gasteiger partial charge >= 0.3 is 0 Å². The summed E-state index contributed by atoms with van der Waals surface area (Å²) in [6, 6.07) is 0. The van der Waals surface area contributed by atoms with Crippen molar-refractivity contribution >= 4 is 11.4 Å². The molecule has 0 aromatic rings. The third-order valence-corrected chi connectivity index (χ3v) is 0.122. The summed E-state index contributed by atoms with van der Waals surface area (Å²) in [4.78, 5) is 0. The Kier molecular flexibility index (Phi) is 2.07. The summed E-state index contributed by atoms with van der Waals surface area (Å²) in [7, 11) is 0. The molecule has 0 spiro atoms. The van der Waals surface area contributed by atoms with Gasteiger partial charge in [0.15, 0.2) is 5.40 Å². The summed E-state index contributed by atoms with van der Waals surface area (Å²) < 4.78 is 7.43. The Morgan fingerprint density at radius 3 is 2.00 bits per heavy atom. The molecule has 0 aliphatic carbocycles. The van der Waals surface area contributed by atoms with E-state index in [-0.39, 0.29) is 11.4 Å². The molecule has 0 aliphatic rings. The van der Waals surface area contributed by atoms with Gasteiger partial charge in [-0.1, -0.05) is 0 Å². The Morgan fingerprint density at radius 1 is 1.75 bits per heavy atom. The summed E-state index contributed by atoms with van der Waals surface area (Å²) in [5.41, 5.74) is 0. The van der Waals surface area contributed by atoms with E-state index in [1.807, 2.05) is 0 Å². The minimum Gasteiger partial charge on any atom is -0.178 e. The molecule has 0 saturated carbocycles. The summed E-state index contributed by atoms with van der Waals surface area (Å²) in [6.07, 6.45) is 0. The fraction of sp³-hybridized carbons (Fsp3) is 0. The van der Waals surface area contributed by atoms with Gasteiger partial charge in [-0.2, -0.15) is 9.87 Å². The maximum atomic E-state index is 7.43. The average molecular weight is 72.1 g/mol. The van der Waals surface area contributed by atoms with Crippen LogP contribution in [0.25, 0.3) is 0 Å². The van der Waals surface area contributed by atoms with Gasteiger partial charge in [0.2, 0.25) is 0 Å². The van der Waals surface area contributed by atoms with E-state index >= 15 is 0 Å². The Hall–Kier alpha value is -0.580. The van der Waals surface area contributed by atoms with E-state index in [2.05, 4.69) is 0 Å². The first-order valence-corrected chi connectivity index (χ1v) is 1.38. The Balaban J connectivity index is 3.14. The fourth-order valence-electron chi connectivity index (χ4n) is 0. The topological polar surface area (TPSA) is 47.6 Å². The molecule has 0 aromatic heterocycles. The summed E-state index contributed by atoms with van der Waals surface area (Å²) in [5.74, 6) is 0. The van der Waals surface area contributed by atoms with E-state index in [0.717, 1.165) is 0 Å². The molecule has 0 radical (unpaired) electrons. The molecule has 3 heteroatoms. The molecule has 2 nitrogen and oxygen atoms in total. The lowest BCUT2D eigenvalue weighted by molar-refractivity contribution is 1.56.